The zero-order chi connectivity index (χ0) is 12.3. The predicted molar refractivity (Wildman–Crippen MR) is 68.6 cm³/mol. The number of hydrogen-bond donors (Lipinski definition) is 0. The first kappa shape index (κ1) is 11.6. The van der Waals surface area contributed by atoms with Crippen LogP contribution in [0.15, 0.2) is 42.5 Å². The lowest BCUT2D eigenvalue weighted by Crippen LogP contribution is -2.11. The lowest BCUT2D eigenvalue weighted by Gasteiger charge is -2.09. The van der Waals surface area contributed by atoms with Crippen molar-refractivity contribution in [1.29, 1.82) is 0 Å². The molecule has 0 spiro atoms. The van der Waals surface area contributed by atoms with Crippen molar-refractivity contribution >= 4 is 16.7 Å². The van der Waals surface area contributed by atoms with Crippen molar-refractivity contribution in [2.45, 2.75) is 20.5 Å². The SMILES string of the molecule is CC(C)C(=O)OCc1cccc2ccccc12. The number of benzene rings is 2. The van der Waals surface area contributed by atoms with Crippen LogP contribution in [0.1, 0.15) is 19.4 Å². The maximum Gasteiger partial charge on any atom is 0.308 e. The second-order valence-corrected chi connectivity index (χ2v) is 4.40. The predicted octanol–water partition coefficient (Wildman–Crippen LogP) is 3.54. The molecule has 2 aromatic carbocycles. The van der Waals surface area contributed by atoms with Crippen molar-refractivity contribution in [3.63, 3.8) is 0 Å². The summed E-state index contributed by atoms with van der Waals surface area (Å²) in [7, 11) is 0. The van der Waals surface area contributed by atoms with E-state index in [0.717, 1.165) is 10.9 Å². The number of hydrogen-bond acceptors (Lipinski definition) is 2. The molecule has 2 heteroatoms. The molecule has 0 aliphatic heterocycles. The van der Waals surface area contributed by atoms with E-state index in [2.05, 4.69) is 12.1 Å². The molecule has 0 aliphatic carbocycles. The van der Waals surface area contributed by atoms with Crippen molar-refractivity contribution in [3.05, 3.63) is 48.0 Å². The lowest BCUT2D eigenvalue weighted by molar-refractivity contribution is -0.148. The Morgan fingerprint density at radius 3 is 2.59 bits per heavy atom. The minimum absolute atomic E-state index is 0.0787. The summed E-state index contributed by atoms with van der Waals surface area (Å²) < 4.78 is 5.26. The van der Waals surface area contributed by atoms with Gasteiger partial charge in [-0.3, -0.25) is 4.79 Å². The second-order valence-electron chi connectivity index (χ2n) is 4.40. The summed E-state index contributed by atoms with van der Waals surface area (Å²) in [6, 6.07) is 14.2. The van der Waals surface area contributed by atoms with Crippen LogP contribution in [0.4, 0.5) is 0 Å². The van der Waals surface area contributed by atoms with Gasteiger partial charge in [0.25, 0.3) is 0 Å². The molecule has 0 amide bonds. The molecule has 0 saturated carbocycles. The molecule has 2 nitrogen and oxygen atoms in total. The average Bonchev–Trinajstić information content (AvgIpc) is 2.35. The Bertz CT molecular complexity index is 524. The minimum atomic E-state index is -0.155. The Kier molecular flexibility index (Phi) is 3.43. The second kappa shape index (κ2) is 5.00. The van der Waals surface area contributed by atoms with E-state index in [0.29, 0.717) is 6.61 Å². The van der Waals surface area contributed by atoms with Crippen LogP contribution in [0.25, 0.3) is 10.8 Å². The van der Waals surface area contributed by atoms with E-state index >= 15 is 0 Å². The Labute approximate surface area is 101 Å². The molecule has 17 heavy (non-hydrogen) atoms. The molecule has 0 saturated heterocycles. The van der Waals surface area contributed by atoms with E-state index in [4.69, 9.17) is 4.74 Å². The molecule has 2 rings (SSSR count). The van der Waals surface area contributed by atoms with E-state index in [9.17, 15) is 4.79 Å². The van der Waals surface area contributed by atoms with Gasteiger partial charge in [0.2, 0.25) is 0 Å². The third-order valence-electron chi connectivity index (χ3n) is 2.72. The van der Waals surface area contributed by atoms with Gasteiger partial charge >= 0.3 is 5.97 Å². The summed E-state index contributed by atoms with van der Waals surface area (Å²) in [6.45, 7) is 4.02. The van der Waals surface area contributed by atoms with Crippen LogP contribution >= 0.6 is 0 Å². The van der Waals surface area contributed by atoms with Crippen LogP contribution in [-0.4, -0.2) is 5.97 Å². The smallest absolute Gasteiger partial charge is 0.308 e. The van der Waals surface area contributed by atoms with Crippen LogP contribution in [-0.2, 0) is 16.1 Å². The van der Waals surface area contributed by atoms with Crippen LogP contribution in [0.5, 0.6) is 0 Å². The van der Waals surface area contributed by atoms with Crippen molar-refractivity contribution in [2.75, 3.05) is 0 Å². The van der Waals surface area contributed by atoms with Crippen LogP contribution in [0.3, 0.4) is 0 Å². The van der Waals surface area contributed by atoms with E-state index in [1.54, 1.807) is 0 Å². The van der Waals surface area contributed by atoms with Crippen molar-refractivity contribution in [1.82, 2.24) is 0 Å². The first-order valence-electron chi connectivity index (χ1n) is 5.82. The van der Waals surface area contributed by atoms with Crippen LogP contribution < -0.4 is 0 Å². The first-order chi connectivity index (χ1) is 8.18. The van der Waals surface area contributed by atoms with Gasteiger partial charge < -0.3 is 4.74 Å². The molecule has 0 heterocycles. The van der Waals surface area contributed by atoms with Gasteiger partial charge in [-0.2, -0.15) is 0 Å². The van der Waals surface area contributed by atoms with Gasteiger partial charge in [0.1, 0.15) is 6.61 Å². The first-order valence-corrected chi connectivity index (χ1v) is 5.82. The number of rotatable bonds is 3. The van der Waals surface area contributed by atoms with E-state index < -0.39 is 0 Å². The topological polar surface area (TPSA) is 26.3 Å². The fraction of sp³-hybridized carbons (Fsp3) is 0.267. The molecule has 2 aromatic rings. The summed E-state index contributed by atoms with van der Waals surface area (Å²) in [6.07, 6.45) is 0. The molecule has 88 valence electrons. The van der Waals surface area contributed by atoms with Crippen molar-refractivity contribution in [3.8, 4) is 0 Å². The third kappa shape index (κ3) is 2.64. The van der Waals surface area contributed by atoms with E-state index in [1.807, 2.05) is 44.2 Å². The molecular weight excluding hydrogens is 212 g/mol. The maximum absolute atomic E-state index is 11.4. The van der Waals surface area contributed by atoms with Gasteiger partial charge in [0, 0.05) is 0 Å². The number of ether oxygens (including phenoxy) is 1. The molecule has 0 fully saturated rings. The molecule has 0 bridgehead atoms. The molecule has 0 N–H and O–H groups in total. The maximum atomic E-state index is 11.4. The zero-order valence-corrected chi connectivity index (χ0v) is 10.1. The Morgan fingerprint density at radius 2 is 1.82 bits per heavy atom. The Hall–Kier alpha value is -1.83. The molecule has 0 radical (unpaired) electrons. The van der Waals surface area contributed by atoms with Gasteiger partial charge in [0.05, 0.1) is 5.92 Å². The third-order valence-corrected chi connectivity index (χ3v) is 2.72. The van der Waals surface area contributed by atoms with Gasteiger partial charge in [-0.25, -0.2) is 0 Å². The summed E-state index contributed by atoms with van der Waals surface area (Å²) >= 11 is 0. The van der Waals surface area contributed by atoms with Gasteiger partial charge in [0.15, 0.2) is 0 Å². The van der Waals surface area contributed by atoms with Gasteiger partial charge in [-0.15, -0.1) is 0 Å². The number of esters is 1. The monoisotopic (exact) mass is 228 g/mol. The number of carbonyl (C=O) groups excluding carboxylic acids is 1. The van der Waals surface area contributed by atoms with Crippen molar-refractivity contribution < 1.29 is 9.53 Å². The largest absolute Gasteiger partial charge is 0.461 e. The summed E-state index contributed by atoms with van der Waals surface area (Å²) in [5.41, 5.74) is 1.05. The molecule has 0 atom stereocenters. The molecule has 0 unspecified atom stereocenters. The molecular formula is C15H16O2. The highest BCUT2D eigenvalue weighted by atomic mass is 16.5. The zero-order valence-electron chi connectivity index (χ0n) is 10.1. The van der Waals surface area contributed by atoms with Crippen molar-refractivity contribution in [2.24, 2.45) is 5.92 Å². The summed E-state index contributed by atoms with van der Waals surface area (Å²) in [5.74, 6) is -0.233. The fourth-order valence-electron chi connectivity index (χ4n) is 1.73. The molecule has 0 aliphatic rings. The highest BCUT2D eigenvalue weighted by Crippen LogP contribution is 2.19. The van der Waals surface area contributed by atoms with E-state index in [1.165, 1.54) is 5.39 Å². The highest BCUT2D eigenvalue weighted by molar-refractivity contribution is 5.85. The average molecular weight is 228 g/mol. The van der Waals surface area contributed by atoms with Crippen LogP contribution in [0.2, 0.25) is 0 Å². The highest BCUT2D eigenvalue weighted by Gasteiger charge is 2.09. The lowest BCUT2D eigenvalue weighted by atomic mass is 10.1. The standard InChI is InChI=1S/C15H16O2/c1-11(2)15(16)17-10-13-8-5-7-12-6-3-4-9-14(12)13/h3-9,11H,10H2,1-2H3. The quantitative estimate of drug-likeness (QED) is 0.751. The van der Waals surface area contributed by atoms with Gasteiger partial charge in [-0.1, -0.05) is 56.3 Å². The molecule has 0 aromatic heterocycles. The minimum Gasteiger partial charge on any atom is -0.461 e. The number of fused-ring (bicyclic) bond motifs is 1. The summed E-state index contributed by atoms with van der Waals surface area (Å²) in [4.78, 5) is 11.4. The normalized spacial score (nSPS) is 10.8. The van der Waals surface area contributed by atoms with Gasteiger partial charge in [-0.05, 0) is 16.3 Å². The van der Waals surface area contributed by atoms with E-state index in [-0.39, 0.29) is 11.9 Å². The fourth-order valence-corrected chi connectivity index (χ4v) is 1.73. The number of carbonyl (C=O) groups is 1. The van der Waals surface area contributed by atoms with Crippen LogP contribution in [0, 0.1) is 5.92 Å². The Balaban J connectivity index is 2.21. The summed E-state index contributed by atoms with van der Waals surface area (Å²) in [5, 5.41) is 2.32. The Morgan fingerprint density at radius 1 is 1.12 bits per heavy atom.